The number of hydrogen-bond acceptors (Lipinski definition) is 4. The third kappa shape index (κ3) is 3.54. The Morgan fingerprint density at radius 1 is 1.12 bits per heavy atom. The molecule has 0 heterocycles. The van der Waals surface area contributed by atoms with Crippen molar-refractivity contribution in [2.24, 2.45) is 0 Å². The number of rotatable bonds is 5. The monoisotopic (exact) mass is 353 g/mol. The molecule has 0 spiro atoms. The molecule has 1 N–H and O–H groups in total. The molecule has 1 aliphatic carbocycles. The number of amides is 1. The Morgan fingerprint density at radius 3 is 2.50 bits per heavy atom. The van der Waals surface area contributed by atoms with Gasteiger partial charge in [0.05, 0.1) is 6.04 Å². The fraction of sp³-hybridized carbons (Fsp3) is 0.333. The molecule has 5 nitrogen and oxygen atoms in total. The highest BCUT2D eigenvalue weighted by Crippen LogP contribution is 2.37. The van der Waals surface area contributed by atoms with E-state index in [4.69, 9.17) is 9.47 Å². The summed E-state index contributed by atoms with van der Waals surface area (Å²) in [5, 5.41) is 5.01. The van der Waals surface area contributed by atoms with Crippen LogP contribution in [0.25, 0.3) is 10.8 Å². The minimum atomic E-state index is -0.601. The number of hydrogen-bond donors (Lipinski definition) is 1. The molecule has 3 rings (SSSR count). The van der Waals surface area contributed by atoms with Gasteiger partial charge in [0.25, 0.3) is 0 Å². The summed E-state index contributed by atoms with van der Waals surface area (Å²) in [7, 11) is 3.10. The van der Waals surface area contributed by atoms with E-state index in [1.807, 2.05) is 42.5 Å². The average molecular weight is 353 g/mol. The lowest BCUT2D eigenvalue weighted by atomic mass is 9.77. The summed E-state index contributed by atoms with van der Waals surface area (Å²) in [4.78, 5) is 24.5. The first kappa shape index (κ1) is 18.3. The lowest BCUT2D eigenvalue weighted by Crippen LogP contribution is -2.46. The highest BCUT2D eigenvalue weighted by molar-refractivity contribution is 6.00. The van der Waals surface area contributed by atoms with E-state index in [0.717, 1.165) is 21.9 Å². The van der Waals surface area contributed by atoms with E-state index in [9.17, 15) is 9.59 Å². The second-order valence-electron chi connectivity index (χ2n) is 6.48. The smallest absolute Gasteiger partial charge is 0.217 e. The van der Waals surface area contributed by atoms with Crippen molar-refractivity contribution in [3.8, 4) is 0 Å². The summed E-state index contributed by atoms with van der Waals surface area (Å²) < 4.78 is 10.7. The minimum Gasteiger partial charge on any atom is -0.352 e. The van der Waals surface area contributed by atoms with Gasteiger partial charge >= 0.3 is 0 Å². The summed E-state index contributed by atoms with van der Waals surface area (Å²) in [5.41, 5.74) is 1.81. The molecule has 0 bridgehead atoms. The molecule has 26 heavy (non-hydrogen) atoms. The van der Waals surface area contributed by atoms with Gasteiger partial charge in [-0.3, -0.25) is 9.59 Å². The summed E-state index contributed by atoms with van der Waals surface area (Å²) in [6, 6.07) is 13.5. The molecular weight excluding hydrogens is 330 g/mol. The Morgan fingerprint density at radius 2 is 1.81 bits per heavy atom. The van der Waals surface area contributed by atoms with Crippen LogP contribution in [0.3, 0.4) is 0 Å². The van der Waals surface area contributed by atoms with Crippen molar-refractivity contribution in [2.75, 3.05) is 14.2 Å². The number of ether oxygens (including phenoxy) is 2. The van der Waals surface area contributed by atoms with Crippen molar-refractivity contribution in [3.63, 3.8) is 0 Å². The highest BCUT2D eigenvalue weighted by atomic mass is 16.7. The van der Waals surface area contributed by atoms with Crippen molar-refractivity contribution >= 4 is 22.5 Å². The van der Waals surface area contributed by atoms with Crippen LogP contribution in [-0.2, 0) is 19.1 Å². The zero-order chi connectivity index (χ0) is 18.7. The topological polar surface area (TPSA) is 64.6 Å². The molecule has 5 heteroatoms. The van der Waals surface area contributed by atoms with E-state index in [1.54, 1.807) is 20.3 Å². The fourth-order valence-corrected chi connectivity index (χ4v) is 3.72. The quantitative estimate of drug-likeness (QED) is 0.840. The van der Waals surface area contributed by atoms with Crippen LogP contribution in [-0.4, -0.2) is 38.2 Å². The number of benzene rings is 2. The van der Waals surface area contributed by atoms with E-state index in [0.29, 0.717) is 6.42 Å². The molecule has 1 amide bonds. The van der Waals surface area contributed by atoms with Gasteiger partial charge in [0.15, 0.2) is 12.1 Å². The average Bonchev–Trinajstić information content (AvgIpc) is 2.64. The molecule has 0 aromatic heterocycles. The summed E-state index contributed by atoms with van der Waals surface area (Å²) in [5.74, 6) is -0.552. The van der Waals surface area contributed by atoms with Gasteiger partial charge in [0.1, 0.15) is 0 Å². The van der Waals surface area contributed by atoms with E-state index in [1.165, 1.54) is 6.92 Å². The Kier molecular flexibility index (Phi) is 5.49. The predicted molar refractivity (Wildman–Crippen MR) is 99.8 cm³/mol. The van der Waals surface area contributed by atoms with E-state index in [2.05, 4.69) is 5.32 Å². The predicted octanol–water partition coefficient (Wildman–Crippen LogP) is 2.95. The zero-order valence-electron chi connectivity index (χ0n) is 15.2. The second-order valence-corrected chi connectivity index (χ2v) is 6.48. The maximum Gasteiger partial charge on any atom is 0.217 e. The number of carbonyl (C=O) groups excluding carboxylic acids is 2. The second kappa shape index (κ2) is 7.81. The standard InChI is InChI=1S/C21H23NO4/c1-13(23)22-20-18(11-15(12-19(20)24)21(25-2)26-3)17-10-6-8-14-7-4-5-9-16(14)17/h4-10,12,18,20-21H,11H2,1-3H3,(H,22,23)/t18-,20-/m0/s1. The van der Waals surface area contributed by atoms with Crippen LogP contribution in [0.4, 0.5) is 0 Å². The van der Waals surface area contributed by atoms with Crippen molar-refractivity contribution in [2.45, 2.75) is 31.6 Å². The molecule has 0 saturated heterocycles. The number of ketones is 1. The molecule has 2 aromatic carbocycles. The largest absolute Gasteiger partial charge is 0.352 e. The molecule has 2 atom stereocenters. The number of methoxy groups -OCH3 is 2. The van der Waals surface area contributed by atoms with E-state index in [-0.39, 0.29) is 17.6 Å². The van der Waals surface area contributed by atoms with Gasteiger partial charge in [-0.25, -0.2) is 0 Å². The van der Waals surface area contributed by atoms with Gasteiger partial charge < -0.3 is 14.8 Å². The minimum absolute atomic E-state index is 0.140. The van der Waals surface area contributed by atoms with Crippen molar-refractivity contribution in [3.05, 3.63) is 59.7 Å². The Bertz CT molecular complexity index is 849. The molecule has 2 aromatic rings. The SMILES string of the molecule is COC(OC)C1=CC(=O)[C@@H](NC(C)=O)[C@H](c2cccc3ccccc23)C1. The highest BCUT2D eigenvalue weighted by Gasteiger charge is 2.36. The van der Waals surface area contributed by atoms with Gasteiger partial charge in [-0.2, -0.15) is 0 Å². The number of nitrogens with one attached hydrogen (secondary N) is 1. The first-order chi connectivity index (χ1) is 12.5. The normalized spacial score (nSPS) is 20.3. The van der Waals surface area contributed by atoms with Gasteiger partial charge in [-0.1, -0.05) is 42.5 Å². The van der Waals surface area contributed by atoms with Gasteiger partial charge in [-0.05, 0) is 34.4 Å². The number of carbonyl (C=O) groups is 2. The molecule has 0 aliphatic heterocycles. The van der Waals surface area contributed by atoms with E-state index >= 15 is 0 Å². The lowest BCUT2D eigenvalue weighted by Gasteiger charge is -2.33. The molecule has 0 unspecified atom stereocenters. The fourth-order valence-electron chi connectivity index (χ4n) is 3.72. The van der Waals surface area contributed by atoms with Crippen molar-refractivity contribution in [1.82, 2.24) is 5.32 Å². The first-order valence-corrected chi connectivity index (χ1v) is 8.59. The molecule has 1 aliphatic rings. The van der Waals surface area contributed by atoms with Crippen molar-refractivity contribution in [1.29, 1.82) is 0 Å². The number of fused-ring (bicyclic) bond motifs is 1. The third-order valence-electron chi connectivity index (χ3n) is 4.80. The summed E-state index contributed by atoms with van der Waals surface area (Å²) in [6.45, 7) is 1.43. The molecule has 0 fully saturated rings. The van der Waals surface area contributed by atoms with Crippen LogP contribution in [0.1, 0.15) is 24.8 Å². The van der Waals surface area contributed by atoms with Crippen LogP contribution in [0.5, 0.6) is 0 Å². The maximum absolute atomic E-state index is 12.8. The molecule has 136 valence electrons. The van der Waals surface area contributed by atoms with Gasteiger partial charge in [0, 0.05) is 27.1 Å². The summed E-state index contributed by atoms with van der Waals surface area (Å²) >= 11 is 0. The van der Waals surface area contributed by atoms with Crippen LogP contribution in [0.2, 0.25) is 0 Å². The zero-order valence-corrected chi connectivity index (χ0v) is 15.2. The Hall–Kier alpha value is -2.50. The maximum atomic E-state index is 12.8. The first-order valence-electron chi connectivity index (χ1n) is 8.59. The van der Waals surface area contributed by atoms with Crippen molar-refractivity contribution < 1.29 is 19.1 Å². The summed E-state index contributed by atoms with van der Waals surface area (Å²) in [6.07, 6.45) is 1.53. The van der Waals surface area contributed by atoms with Gasteiger partial charge in [0.2, 0.25) is 5.91 Å². The lowest BCUT2D eigenvalue weighted by molar-refractivity contribution is -0.125. The molecule has 0 saturated carbocycles. The van der Waals surface area contributed by atoms with E-state index < -0.39 is 12.3 Å². The molecular formula is C21H23NO4. The van der Waals surface area contributed by atoms with Crippen LogP contribution in [0.15, 0.2) is 54.1 Å². The Balaban J connectivity index is 2.09. The Labute approximate surface area is 153 Å². The third-order valence-corrected chi connectivity index (χ3v) is 4.80. The van der Waals surface area contributed by atoms with Crippen LogP contribution in [0, 0.1) is 0 Å². The van der Waals surface area contributed by atoms with Crippen LogP contribution >= 0.6 is 0 Å². The molecule has 0 radical (unpaired) electrons. The van der Waals surface area contributed by atoms with Gasteiger partial charge in [-0.15, -0.1) is 0 Å². The van der Waals surface area contributed by atoms with Crippen LogP contribution < -0.4 is 5.32 Å².